The summed E-state index contributed by atoms with van der Waals surface area (Å²) < 4.78 is 0. The molecule has 92 valence electrons. The predicted octanol–water partition coefficient (Wildman–Crippen LogP) is 2.76. The maximum atomic E-state index is 9.37. The molecule has 1 unspecified atom stereocenters. The van der Waals surface area contributed by atoms with E-state index in [2.05, 4.69) is 23.8 Å². The first-order chi connectivity index (χ1) is 8.19. The maximum Gasteiger partial charge on any atom is 0.107 e. The molecule has 2 rings (SSSR count). The van der Waals surface area contributed by atoms with Crippen molar-refractivity contribution < 1.29 is 5.11 Å². The van der Waals surface area contributed by atoms with Gasteiger partial charge in [0, 0.05) is 13.0 Å². The molecule has 3 nitrogen and oxygen atoms in total. The van der Waals surface area contributed by atoms with Crippen molar-refractivity contribution >= 4 is 11.0 Å². The molecular formula is C14H20N2O. The summed E-state index contributed by atoms with van der Waals surface area (Å²) in [7, 11) is 0. The number of hydrogen-bond donors (Lipinski definition) is 2. The van der Waals surface area contributed by atoms with Gasteiger partial charge in [0.2, 0.25) is 0 Å². The SMILES string of the molecule is CC(C)CC(CO)Cc1nc2ccccc2[nH]1. The molecule has 0 saturated heterocycles. The molecule has 1 heterocycles. The monoisotopic (exact) mass is 232 g/mol. The van der Waals surface area contributed by atoms with Crippen LogP contribution in [-0.2, 0) is 6.42 Å². The third-order valence-corrected chi connectivity index (χ3v) is 2.98. The third kappa shape index (κ3) is 3.07. The van der Waals surface area contributed by atoms with Crippen molar-refractivity contribution in [3.8, 4) is 0 Å². The van der Waals surface area contributed by atoms with Crippen LogP contribution >= 0.6 is 0 Å². The minimum Gasteiger partial charge on any atom is -0.396 e. The quantitative estimate of drug-likeness (QED) is 0.832. The Labute approximate surface area is 102 Å². The molecule has 0 aliphatic carbocycles. The van der Waals surface area contributed by atoms with Gasteiger partial charge < -0.3 is 10.1 Å². The van der Waals surface area contributed by atoms with Crippen LogP contribution in [0.1, 0.15) is 26.1 Å². The van der Waals surface area contributed by atoms with Crippen LogP contribution in [0, 0.1) is 11.8 Å². The van der Waals surface area contributed by atoms with Crippen LogP contribution in [0.5, 0.6) is 0 Å². The lowest BCUT2D eigenvalue weighted by Crippen LogP contribution is -2.13. The van der Waals surface area contributed by atoms with Gasteiger partial charge in [0.15, 0.2) is 0 Å². The van der Waals surface area contributed by atoms with Crippen LogP contribution in [-0.4, -0.2) is 21.7 Å². The smallest absolute Gasteiger partial charge is 0.107 e. The molecule has 1 aromatic heterocycles. The van der Waals surface area contributed by atoms with E-state index in [1.807, 2.05) is 24.3 Å². The van der Waals surface area contributed by atoms with E-state index < -0.39 is 0 Å². The zero-order chi connectivity index (χ0) is 12.3. The Morgan fingerprint density at radius 3 is 2.71 bits per heavy atom. The number of benzene rings is 1. The summed E-state index contributed by atoms with van der Waals surface area (Å²) in [6.07, 6.45) is 1.86. The summed E-state index contributed by atoms with van der Waals surface area (Å²) >= 11 is 0. The first kappa shape index (κ1) is 12.1. The van der Waals surface area contributed by atoms with Crippen molar-refractivity contribution in [2.45, 2.75) is 26.7 Å². The number of H-pyrrole nitrogens is 1. The third-order valence-electron chi connectivity index (χ3n) is 2.98. The van der Waals surface area contributed by atoms with Gasteiger partial charge in [-0.05, 0) is 30.4 Å². The Balaban J connectivity index is 2.11. The van der Waals surface area contributed by atoms with E-state index >= 15 is 0 Å². The van der Waals surface area contributed by atoms with Crippen LogP contribution < -0.4 is 0 Å². The largest absolute Gasteiger partial charge is 0.396 e. The van der Waals surface area contributed by atoms with E-state index in [9.17, 15) is 5.11 Å². The lowest BCUT2D eigenvalue weighted by Gasteiger charge is -2.14. The number of para-hydroxylation sites is 2. The van der Waals surface area contributed by atoms with Crippen molar-refractivity contribution in [3.05, 3.63) is 30.1 Å². The van der Waals surface area contributed by atoms with Crippen LogP contribution in [0.15, 0.2) is 24.3 Å². The van der Waals surface area contributed by atoms with E-state index in [4.69, 9.17) is 0 Å². The lowest BCUT2D eigenvalue weighted by molar-refractivity contribution is 0.204. The second kappa shape index (κ2) is 5.32. The number of rotatable bonds is 5. The van der Waals surface area contributed by atoms with Crippen molar-refractivity contribution in [2.24, 2.45) is 11.8 Å². The molecule has 17 heavy (non-hydrogen) atoms. The van der Waals surface area contributed by atoms with Gasteiger partial charge in [-0.3, -0.25) is 0 Å². The van der Waals surface area contributed by atoms with Gasteiger partial charge in [-0.25, -0.2) is 4.98 Å². The van der Waals surface area contributed by atoms with E-state index in [0.717, 1.165) is 29.7 Å². The van der Waals surface area contributed by atoms with Gasteiger partial charge in [0.1, 0.15) is 5.82 Å². The second-order valence-corrected chi connectivity index (χ2v) is 5.08. The Morgan fingerprint density at radius 2 is 2.06 bits per heavy atom. The summed E-state index contributed by atoms with van der Waals surface area (Å²) in [4.78, 5) is 7.85. The van der Waals surface area contributed by atoms with E-state index in [1.165, 1.54) is 0 Å². The molecule has 0 saturated carbocycles. The first-order valence-corrected chi connectivity index (χ1v) is 6.23. The van der Waals surface area contributed by atoms with Crippen LogP contribution in [0.2, 0.25) is 0 Å². The first-order valence-electron chi connectivity index (χ1n) is 6.23. The number of hydrogen-bond acceptors (Lipinski definition) is 2. The fourth-order valence-corrected chi connectivity index (χ4v) is 2.26. The van der Waals surface area contributed by atoms with Gasteiger partial charge in [-0.15, -0.1) is 0 Å². The van der Waals surface area contributed by atoms with Crippen molar-refractivity contribution in [2.75, 3.05) is 6.61 Å². The van der Waals surface area contributed by atoms with Gasteiger partial charge in [-0.2, -0.15) is 0 Å². The number of aliphatic hydroxyl groups excluding tert-OH is 1. The van der Waals surface area contributed by atoms with Gasteiger partial charge >= 0.3 is 0 Å². The van der Waals surface area contributed by atoms with Gasteiger partial charge in [-0.1, -0.05) is 26.0 Å². The summed E-state index contributed by atoms with van der Waals surface area (Å²) in [5, 5.41) is 9.37. The number of aromatic nitrogens is 2. The average molecular weight is 232 g/mol. The molecule has 0 aliphatic heterocycles. The molecule has 1 atom stereocenters. The number of nitrogens with one attached hydrogen (secondary N) is 1. The normalized spacial score (nSPS) is 13.4. The standard InChI is InChI=1S/C14H20N2O/c1-10(2)7-11(9-17)8-14-15-12-5-3-4-6-13(12)16-14/h3-6,10-11,17H,7-9H2,1-2H3,(H,15,16). The highest BCUT2D eigenvalue weighted by Crippen LogP contribution is 2.17. The molecule has 0 spiro atoms. The molecule has 0 amide bonds. The predicted molar refractivity (Wildman–Crippen MR) is 69.8 cm³/mol. The minimum absolute atomic E-state index is 0.231. The van der Waals surface area contributed by atoms with Crippen molar-refractivity contribution in [3.63, 3.8) is 0 Å². The summed E-state index contributed by atoms with van der Waals surface area (Å²) in [6.45, 7) is 4.60. The molecule has 2 N–H and O–H groups in total. The minimum atomic E-state index is 0.231. The number of aromatic amines is 1. The highest BCUT2D eigenvalue weighted by molar-refractivity contribution is 5.74. The molecule has 0 radical (unpaired) electrons. The fourth-order valence-electron chi connectivity index (χ4n) is 2.26. The molecular weight excluding hydrogens is 212 g/mol. The van der Waals surface area contributed by atoms with Crippen molar-refractivity contribution in [1.82, 2.24) is 9.97 Å². The molecule has 1 aromatic carbocycles. The number of fused-ring (bicyclic) bond motifs is 1. The van der Waals surface area contributed by atoms with E-state index in [-0.39, 0.29) is 6.61 Å². The molecule has 3 heteroatoms. The summed E-state index contributed by atoms with van der Waals surface area (Å²) in [5.74, 6) is 1.89. The summed E-state index contributed by atoms with van der Waals surface area (Å²) in [5.41, 5.74) is 2.08. The van der Waals surface area contributed by atoms with Crippen LogP contribution in [0.4, 0.5) is 0 Å². The van der Waals surface area contributed by atoms with Crippen LogP contribution in [0.3, 0.4) is 0 Å². The Morgan fingerprint density at radius 1 is 1.29 bits per heavy atom. The number of aliphatic hydroxyl groups is 1. The van der Waals surface area contributed by atoms with Crippen molar-refractivity contribution in [1.29, 1.82) is 0 Å². The van der Waals surface area contributed by atoms with E-state index in [1.54, 1.807) is 0 Å². The molecule has 0 fully saturated rings. The Hall–Kier alpha value is -1.35. The second-order valence-electron chi connectivity index (χ2n) is 5.08. The lowest BCUT2D eigenvalue weighted by atomic mass is 9.95. The summed E-state index contributed by atoms with van der Waals surface area (Å²) in [6, 6.07) is 8.03. The maximum absolute atomic E-state index is 9.37. The zero-order valence-electron chi connectivity index (χ0n) is 10.5. The molecule has 2 aromatic rings. The fraction of sp³-hybridized carbons (Fsp3) is 0.500. The topological polar surface area (TPSA) is 48.9 Å². The Bertz CT molecular complexity index is 443. The number of imidazole rings is 1. The molecule has 0 bridgehead atoms. The van der Waals surface area contributed by atoms with E-state index in [0.29, 0.717) is 11.8 Å². The van der Waals surface area contributed by atoms with Crippen LogP contribution in [0.25, 0.3) is 11.0 Å². The zero-order valence-corrected chi connectivity index (χ0v) is 10.5. The number of nitrogens with zero attached hydrogens (tertiary/aromatic N) is 1. The average Bonchev–Trinajstić information content (AvgIpc) is 2.69. The highest BCUT2D eigenvalue weighted by atomic mass is 16.3. The van der Waals surface area contributed by atoms with Gasteiger partial charge in [0.05, 0.1) is 11.0 Å². The highest BCUT2D eigenvalue weighted by Gasteiger charge is 2.13. The Kier molecular flexibility index (Phi) is 3.79. The van der Waals surface area contributed by atoms with Gasteiger partial charge in [0.25, 0.3) is 0 Å². The molecule has 0 aliphatic rings.